The summed E-state index contributed by atoms with van der Waals surface area (Å²) in [6.07, 6.45) is 6.03. The van der Waals surface area contributed by atoms with Gasteiger partial charge in [-0.1, -0.05) is 11.6 Å². The molecule has 0 radical (unpaired) electrons. The Labute approximate surface area is 107 Å². The highest BCUT2D eigenvalue weighted by molar-refractivity contribution is 5.01. The summed E-state index contributed by atoms with van der Waals surface area (Å²) in [5.41, 5.74) is 0. The van der Waals surface area contributed by atoms with E-state index in [9.17, 15) is 0 Å². The van der Waals surface area contributed by atoms with E-state index in [0.29, 0.717) is 12.5 Å². The predicted molar refractivity (Wildman–Crippen MR) is 66.0 cm³/mol. The molecule has 1 aromatic heterocycles. The third-order valence-electron chi connectivity index (χ3n) is 3.72. The summed E-state index contributed by atoms with van der Waals surface area (Å²) in [6, 6.07) is 0.237. The molecule has 0 aromatic carbocycles. The maximum absolute atomic E-state index is 5.75. The monoisotopic (exact) mass is 251 g/mol. The zero-order valence-corrected chi connectivity index (χ0v) is 10.9. The lowest BCUT2D eigenvalue weighted by Gasteiger charge is -2.19. The summed E-state index contributed by atoms with van der Waals surface area (Å²) in [4.78, 5) is 4.55. The van der Waals surface area contributed by atoms with Crippen molar-refractivity contribution in [2.45, 2.75) is 51.2 Å². The molecule has 1 saturated carbocycles. The lowest BCUT2D eigenvalue weighted by Crippen LogP contribution is -2.27. The number of nitrogens with one attached hydrogen (secondary N) is 1. The van der Waals surface area contributed by atoms with Crippen molar-refractivity contribution in [1.82, 2.24) is 15.5 Å². The molecule has 1 aliphatic carbocycles. The molecule has 3 rings (SSSR count). The van der Waals surface area contributed by atoms with Crippen LogP contribution in [0.2, 0.25) is 0 Å². The second-order valence-electron chi connectivity index (χ2n) is 5.21. The van der Waals surface area contributed by atoms with E-state index in [1.807, 2.05) is 6.92 Å². The van der Waals surface area contributed by atoms with Crippen molar-refractivity contribution in [2.75, 3.05) is 13.2 Å². The van der Waals surface area contributed by atoms with Crippen LogP contribution in [0.1, 0.15) is 62.9 Å². The standard InChI is InChI=1S/C13H21N3O2/c1-2-17-11(9-6-7-9)12-15-13(18-16-12)10-5-3-4-8-14-10/h9-11,14H,2-8H2,1H3. The number of hydrogen-bond acceptors (Lipinski definition) is 5. The summed E-state index contributed by atoms with van der Waals surface area (Å²) >= 11 is 0. The van der Waals surface area contributed by atoms with E-state index in [1.165, 1.54) is 25.7 Å². The molecule has 2 heterocycles. The van der Waals surface area contributed by atoms with Gasteiger partial charge in [-0.3, -0.25) is 0 Å². The van der Waals surface area contributed by atoms with Crippen molar-refractivity contribution >= 4 is 0 Å². The number of ether oxygens (including phenoxy) is 1. The Morgan fingerprint density at radius 1 is 1.39 bits per heavy atom. The first-order valence-corrected chi connectivity index (χ1v) is 7.07. The molecule has 0 bridgehead atoms. The molecular formula is C13H21N3O2. The fraction of sp³-hybridized carbons (Fsp3) is 0.846. The van der Waals surface area contributed by atoms with Crippen LogP contribution in [0.4, 0.5) is 0 Å². The minimum atomic E-state index is 0.0380. The van der Waals surface area contributed by atoms with Gasteiger partial charge in [-0.05, 0) is 45.1 Å². The van der Waals surface area contributed by atoms with Gasteiger partial charge in [0.25, 0.3) is 0 Å². The molecule has 2 atom stereocenters. The van der Waals surface area contributed by atoms with Gasteiger partial charge in [0.2, 0.25) is 11.7 Å². The van der Waals surface area contributed by atoms with Gasteiger partial charge in [-0.15, -0.1) is 0 Å². The van der Waals surface area contributed by atoms with E-state index in [1.54, 1.807) is 0 Å². The van der Waals surface area contributed by atoms with Crippen molar-refractivity contribution in [1.29, 1.82) is 0 Å². The molecule has 2 aliphatic rings. The van der Waals surface area contributed by atoms with Crippen molar-refractivity contribution in [3.63, 3.8) is 0 Å². The fourth-order valence-electron chi connectivity index (χ4n) is 2.57. The van der Waals surface area contributed by atoms with Gasteiger partial charge in [0.15, 0.2) is 0 Å². The zero-order valence-electron chi connectivity index (χ0n) is 10.9. The van der Waals surface area contributed by atoms with Crippen LogP contribution in [0, 0.1) is 5.92 Å². The smallest absolute Gasteiger partial charge is 0.243 e. The molecule has 1 saturated heterocycles. The lowest BCUT2D eigenvalue weighted by atomic mass is 10.1. The van der Waals surface area contributed by atoms with E-state index in [4.69, 9.17) is 9.26 Å². The third kappa shape index (κ3) is 2.57. The second kappa shape index (κ2) is 5.36. The van der Waals surface area contributed by atoms with Crippen LogP contribution in [-0.4, -0.2) is 23.3 Å². The van der Waals surface area contributed by atoms with Gasteiger partial charge in [-0.2, -0.15) is 4.98 Å². The normalized spacial score (nSPS) is 26.2. The van der Waals surface area contributed by atoms with Crippen LogP contribution in [0.25, 0.3) is 0 Å². The summed E-state index contributed by atoms with van der Waals surface area (Å²) in [7, 11) is 0. The van der Waals surface area contributed by atoms with Gasteiger partial charge in [0.05, 0.1) is 6.04 Å². The Morgan fingerprint density at radius 3 is 2.94 bits per heavy atom. The molecule has 2 unspecified atom stereocenters. The molecule has 0 amide bonds. The minimum Gasteiger partial charge on any atom is -0.370 e. The first-order chi connectivity index (χ1) is 8.88. The quantitative estimate of drug-likeness (QED) is 0.870. The van der Waals surface area contributed by atoms with Gasteiger partial charge < -0.3 is 14.6 Å². The number of nitrogens with zero attached hydrogens (tertiary/aromatic N) is 2. The van der Waals surface area contributed by atoms with E-state index in [0.717, 1.165) is 24.7 Å². The average Bonchev–Trinajstić information content (AvgIpc) is 3.14. The van der Waals surface area contributed by atoms with E-state index in [2.05, 4.69) is 15.5 Å². The maximum Gasteiger partial charge on any atom is 0.243 e. The average molecular weight is 251 g/mol. The SMILES string of the molecule is CCOC(c1noc(C2CCCCN2)n1)C1CC1. The van der Waals surface area contributed by atoms with Gasteiger partial charge in [0, 0.05) is 6.61 Å². The zero-order chi connectivity index (χ0) is 12.4. The molecule has 18 heavy (non-hydrogen) atoms. The predicted octanol–water partition coefficient (Wildman–Crippen LogP) is 2.37. The topological polar surface area (TPSA) is 60.2 Å². The van der Waals surface area contributed by atoms with Crippen LogP contribution >= 0.6 is 0 Å². The third-order valence-corrected chi connectivity index (χ3v) is 3.72. The summed E-state index contributed by atoms with van der Waals surface area (Å²) in [5, 5.41) is 7.55. The maximum atomic E-state index is 5.75. The highest BCUT2D eigenvalue weighted by Gasteiger charge is 2.36. The Balaban J connectivity index is 1.70. The van der Waals surface area contributed by atoms with E-state index in [-0.39, 0.29) is 12.1 Å². The van der Waals surface area contributed by atoms with Crippen LogP contribution in [-0.2, 0) is 4.74 Å². The summed E-state index contributed by atoms with van der Waals surface area (Å²) < 4.78 is 11.2. The van der Waals surface area contributed by atoms with Crippen LogP contribution in [0.3, 0.4) is 0 Å². The Kier molecular flexibility index (Phi) is 3.61. The molecule has 5 heteroatoms. The molecule has 100 valence electrons. The molecular weight excluding hydrogens is 230 g/mol. The summed E-state index contributed by atoms with van der Waals surface area (Å²) in [6.45, 7) is 3.76. The lowest BCUT2D eigenvalue weighted by molar-refractivity contribution is 0.0384. The molecule has 0 spiro atoms. The molecule has 1 aromatic rings. The summed E-state index contributed by atoms with van der Waals surface area (Å²) in [5.74, 6) is 2.06. The Morgan fingerprint density at radius 2 is 2.28 bits per heavy atom. The van der Waals surface area contributed by atoms with Crippen molar-refractivity contribution in [3.05, 3.63) is 11.7 Å². The number of piperidine rings is 1. The number of aromatic nitrogens is 2. The Hall–Kier alpha value is -0.940. The second-order valence-corrected chi connectivity index (χ2v) is 5.21. The largest absolute Gasteiger partial charge is 0.370 e. The molecule has 1 N–H and O–H groups in total. The van der Waals surface area contributed by atoms with Gasteiger partial charge >= 0.3 is 0 Å². The molecule has 5 nitrogen and oxygen atoms in total. The van der Waals surface area contributed by atoms with E-state index < -0.39 is 0 Å². The number of hydrogen-bond donors (Lipinski definition) is 1. The van der Waals surface area contributed by atoms with Crippen molar-refractivity contribution in [2.24, 2.45) is 5.92 Å². The first kappa shape index (κ1) is 12.1. The fourth-order valence-corrected chi connectivity index (χ4v) is 2.57. The van der Waals surface area contributed by atoms with Crippen LogP contribution in [0.15, 0.2) is 4.52 Å². The van der Waals surface area contributed by atoms with Crippen molar-refractivity contribution < 1.29 is 9.26 Å². The first-order valence-electron chi connectivity index (χ1n) is 7.07. The van der Waals surface area contributed by atoms with Crippen LogP contribution in [0.5, 0.6) is 0 Å². The van der Waals surface area contributed by atoms with Gasteiger partial charge in [-0.25, -0.2) is 0 Å². The minimum absolute atomic E-state index is 0.0380. The number of rotatable bonds is 5. The van der Waals surface area contributed by atoms with E-state index >= 15 is 0 Å². The molecule has 2 fully saturated rings. The van der Waals surface area contributed by atoms with Gasteiger partial charge in [0.1, 0.15) is 6.10 Å². The molecule has 1 aliphatic heterocycles. The Bertz CT molecular complexity index is 383. The highest BCUT2D eigenvalue weighted by atomic mass is 16.5. The van der Waals surface area contributed by atoms with Crippen LogP contribution < -0.4 is 5.32 Å². The van der Waals surface area contributed by atoms with Crippen molar-refractivity contribution in [3.8, 4) is 0 Å². The highest BCUT2D eigenvalue weighted by Crippen LogP contribution is 2.42.